The molecule has 2 aliphatic heterocycles. The molecule has 0 unspecified atom stereocenters. The maximum Gasteiger partial charge on any atom is 0.303 e. The van der Waals surface area contributed by atoms with Gasteiger partial charge in [0.25, 0.3) is 5.91 Å². The maximum absolute atomic E-state index is 12.4. The van der Waals surface area contributed by atoms with Gasteiger partial charge in [0, 0.05) is 71.6 Å². The highest BCUT2D eigenvalue weighted by Crippen LogP contribution is 2.33. The van der Waals surface area contributed by atoms with Crippen LogP contribution in [0.5, 0.6) is 0 Å². The van der Waals surface area contributed by atoms with Gasteiger partial charge in [-0.25, -0.2) is 4.99 Å². The topological polar surface area (TPSA) is 168 Å². The van der Waals surface area contributed by atoms with Crippen LogP contribution >= 0.6 is 0 Å². The first kappa shape index (κ1) is 32.2. The van der Waals surface area contributed by atoms with Crippen molar-refractivity contribution < 1.29 is 29.7 Å². The fourth-order valence-electron chi connectivity index (χ4n) is 6.50. The molecule has 0 bridgehead atoms. The van der Waals surface area contributed by atoms with Crippen LogP contribution < -0.4 is 5.32 Å². The SMILES string of the molecule is CCC1=C(C)C(Cc2[nH]c(Cc3[nH]c(/C=C4\NC(=O)[C@H](C)[C@H]4CC)c(C)c3CCC(O)O)c(CCC(=O)O)c2C)=NC1=O. The summed E-state index contributed by atoms with van der Waals surface area (Å²) in [4.78, 5) is 47.7. The molecule has 1 fully saturated rings. The molecule has 6 N–H and O–H groups in total. The summed E-state index contributed by atoms with van der Waals surface area (Å²) < 4.78 is 0. The van der Waals surface area contributed by atoms with E-state index in [-0.39, 0.29) is 36.5 Å². The third-order valence-corrected chi connectivity index (χ3v) is 9.17. The van der Waals surface area contributed by atoms with Gasteiger partial charge < -0.3 is 30.6 Å². The quantitative estimate of drug-likeness (QED) is 0.191. The third-order valence-electron chi connectivity index (χ3n) is 9.17. The standard InChI is InChI=1S/C33H44N4O6/c1-7-20-19(6)32(42)37-27(20)14-25-18(5)23(10-12-31(40)41)29(35-25)15-28-22(9-11-30(38)39)17(4)24(34-28)13-26-16(3)21(8-2)33(43)36-26/h14,19-20,31,34-35,40-41H,7-13,15H2,1-6H3,(H,37,42)(H,38,39)/b27-14-/t19-,20-/m1/s1. The Bertz CT molecular complexity index is 1520. The number of rotatable bonds is 13. The first-order valence-corrected chi connectivity index (χ1v) is 15.2. The first-order chi connectivity index (χ1) is 20.4. The Morgan fingerprint density at radius 3 is 2.26 bits per heavy atom. The van der Waals surface area contributed by atoms with Crippen molar-refractivity contribution in [1.82, 2.24) is 15.3 Å². The first-order valence-electron chi connectivity index (χ1n) is 15.2. The van der Waals surface area contributed by atoms with Gasteiger partial charge in [0.2, 0.25) is 5.91 Å². The van der Waals surface area contributed by atoms with E-state index in [1.165, 1.54) is 0 Å². The van der Waals surface area contributed by atoms with Crippen LogP contribution in [0.2, 0.25) is 0 Å². The van der Waals surface area contributed by atoms with Gasteiger partial charge in [-0.1, -0.05) is 20.8 Å². The van der Waals surface area contributed by atoms with Crippen molar-refractivity contribution in [1.29, 1.82) is 0 Å². The molecule has 2 amide bonds. The van der Waals surface area contributed by atoms with Crippen molar-refractivity contribution >= 4 is 29.6 Å². The summed E-state index contributed by atoms with van der Waals surface area (Å²) in [6, 6.07) is 0. The molecule has 10 heteroatoms. The zero-order chi connectivity index (χ0) is 31.6. The van der Waals surface area contributed by atoms with Gasteiger partial charge in [0.05, 0.1) is 5.71 Å². The molecule has 1 saturated heterocycles. The van der Waals surface area contributed by atoms with E-state index in [1.807, 2.05) is 40.7 Å². The number of amides is 2. The lowest BCUT2D eigenvalue weighted by molar-refractivity contribution is -0.137. The van der Waals surface area contributed by atoms with Crippen LogP contribution in [0.3, 0.4) is 0 Å². The highest BCUT2D eigenvalue weighted by Gasteiger charge is 2.34. The lowest BCUT2D eigenvalue weighted by Gasteiger charge is -2.11. The number of aliphatic hydroxyl groups is 2. The average Bonchev–Trinajstić information content (AvgIpc) is 3.59. The van der Waals surface area contributed by atoms with Crippen LogP contribution in [0.4, 0.5) is 0 Å². The normalized spacial score (nSPS) is 19.7. The van der Waals surface area contributed by atoms with Crippen molar-refractivity contribution in [3.63, 3.8) is 0 Å². The number of hydrogen-bond donors (Lipinski definition) is 6. The average molecular weight is 593 g/mol. The molecule has 10 nitrogen and oxygen atoms in total. The number of carboxylic acids is 1. The van der Waals surface area contributed by atoms with E-state index in [2.05, 4.69) is 27.2 Å². The molecule has 232 valence electrons. The van der Waals surface area contributed by atoms with Gasteiger partial charge in [-0.3, -0.25) is 14.4 Å². The Morgan fingerprint density at radius 1 is 0.977 bits per heavy atom. The van der Waals surface area contributed by atoms with Crippen LogP contribution in [-0.4, -0.2) is 55.1 Å². The van der Waals surface area contributed by atoms with Gasteiger partial charge in [0.1, 0.15) is 0 Å². The van der Waals surface area contributed by atoms with E-state index < -0.39 is 12.3 Å². The highest BCUT2D eigenvalue weighted by atomic mass is 16.5. The summed E-state index contributed by atoms with van der Waals surface area (Å²) in [6.07, 6.45) is 3.77. The van der Waals surface area contributed by atoms with Gasteiger partial charge >= 0.3 is 5.97 Å². The zero-order valence-electron chi connectivity index (χ0n) is 26.0. The van der Waals surface area contributed by atoms with Gasteiger partial charge in [0.15, 0.2) is 6.29 Å². The van der Waals surface area contributed by atoms with Crippen molar-refractivity contribution in [2.24, 2.45) is 16.8 Å². The summed E-state index contributed by atoms with van der Waals surface area (Å²) in [5.41, 5.74) is 10.5. The van der Waals surface area contributed by atoms with Crippen LogP contribution in [0.15, 0.2) is 21.8 Å². The predicted octanol–water partition coefficient (Wildman–Crippen LogP) is 4.19. The number of aliphatic carboxylic acids is 1. The number of H-pyrrole nitrogens is 2. The molecule has 0 aliphatic carbocycles. The molecule has 2 aliphatic rings. The van der Waals surface area contributed by atoms with E-state index in [1.54, 1.807) is 0 Å². The Balaban J connectivity index is 1.75. The Hall–Kier alpha value is -3.76. The Morgan fingerprint density at radius 2 is 1.65 bits per heavy atom. The van der Waals surface area contributed by atoms with Gasteiger partial charge in [-0.05, 0) is 80.4 Å². The summed E-state index contributed by atoms with van der Waals surface area (Å²) >= 11 is 0. The molecule has 0 radical (unpaired) electrons. The fourth-order valence-corrected chi connectivity index (χ4v) is 6.50. The number of nitrogens with zero attached hydrogens (tertiary/aromatic N) is 1. The second-order valence-corrected chi connectivity index (χ2v) is 11.8. The summed E-state index contributed by atoms with van der Waals surface area (Å²) in [5.74, 6) is -1.09. The smallest absolute Gasteiger partial charge is 0.303 e. The lowest BCUT2D eigenvalue weighted by Crippen LogP contribution is -2.16. The molecule has 0 saturated carbocycles. The molecule has 4 heterocycles. The van der Waals surface area contributed by atoms with E-state index in [4.69, 9.17) is 0 Å². The molecule has 0 aromatic carbocycles. The number of hydrogen-bond acceptors (Lipinski definition) is 5. The molecule has 2 aromatic heterocycles. The summed E-state index contributed by atoms with van der Waals surface area (Å²) in [7, 11) is 0. The molecule has 2 atom stereocenters. The summed E-state index contributed by atoms with van der Waals surface area (Å²) in [6.45, 7) is 11.8. The molecule has 4 rings (SSSR count). The summed E-state index contributed by atoms with van der Waals surface area (Å²) in [5, 5.41) is 31.8. The number of carbonyl (C=O) groups is 3. The molecule has 0 spiro atoms. The largest absolute Gasteiger partial charge is 0.481 e. The zero-order valence-corrected chi connectivity index (χ0v) is 26.0. The van der Waals surface area contributed by atoms with Crippen LogP contribution in [0.1, 0.15) is 98.4 Å². The van der Waals surface area contributed by atoms with Crippen molar-refractivity contribution in [3.8, 4) is 0 Å². The van der Waals surface area contributed by atoms with Crippen LogP contribution in [-0.2, 0) is 40.1 Å². The molecular weight excluding hydrogens is 548 g/mol. The number of carbonyl (C=O) groups excluding carboxylic acids is 2. The number of allylic oxidation sites excluding steroid dienone is 2. The second-order valence-electron chi connectivity index (χ2n) is 11.8. The third kappa shape index (κ3) is 6.75. The number of carboxylic acid groups (broad SMARTS) is 1. The van der Waals surface area contributed by atoms with Crippen molar-refractivity contribution in [3.05, 3.63) is 61.9 Å². The number of aromatic amines is 2. The maximum atomic E-state index is 12.4. The molecular formula is C33H44N4O6. The minimum absolute atomic E-state index is 0.00771. The molecule has 2 aromatic rings. The van der Waals surface area contributed by atoms with E-state index >= 15 is 0 Å². The predicted molar refractivity (Wildman–Crippen MR) is 165 cm³/mol. The van der Waals surface area contributed by atoms with Crippen LogP contribution in [0, 0.1) is 25.7 Å². The van der Waals surface area contributed by atoms with E-state index in [9.17, 15) is 29.7 Å². The second kappa shape index (κ2) is 13.3. The monoisotopic (exact) mass is 592 g/mol. The van der Waals surface area contributed by atoms with Crippen molar-refractivity contribution in [2.45, 2.75) is 99.2 Å². The number of aliphatic hydroxyl groups excluding tert-OH is 1. The van der Waals surface area contributed by atoms with Crippen LogP contribution in [0.25, 0.3) is 6.08 Å². The molecule has 43 heavy (non-hydrogen) atoms. The Labute approximate surface area is 252 Å². The lowest BCUT2D eigenvalue weighted by atomic mass is 9.92. The van der Waals surface area contributed by atoms with Crippen molar-refractivity contribution in [2.75, 3.05) is 0 Å². The fraction of sp³-hybridized carbons (Fsp3) is 0.515. The van der Waals surface area contributed by atoms with E-state index in [0.717, 1.165) is 74.0 Å². The van der Waals surface area contributed by atoms with E-state index in [0.29, 0.717) is 32.1 Å². The number of nitrogens with one attached hydrogen (secondary N) is 3. The Kier molecular flexibility index (Phi) is 9.92. The number of aliphatic imine (C=N–C) groups is 1. The van der Waals surface area contributed by atoms with Gasteiger partial charge in [-0.2, -0.15) is 0 Å². The minimum Gasteiger partial charge on any atom is -0.481 e. The van der Waals surface area contributed by atoms with Gasteiger partial charge in [-0.15, -0.1) is 0 Å². The highest BCUT2D eigenvalue weighted by molar-refractivity contribution is 6.19. The minimum atomic E-state index is -1.45. The number of aromatic nitrogens is 2.